The molecule has 1 aromatic heterocycles. The van der Waals surface area contributed by atoms with Gasteiger partial charge in [-0.1, -0.05) is 30.3 Å². The predicted octanol–water partition coefficient (Wildman–Crippen LogP) is 5.89. The van der Waals surface area contributed by atoms with Gasteiger partial charge in [-0.15, -0.1) is 0 Å². The average Bonchev–Trinajstić information content (AvgIpc) is 2.79. The molecule has 0 N–H and O–H groups in total. The Morgan fingerprint density at radius 3 is 2.35 bits per heavy atom. The zero-order chi connectivity index (χ0) is 24.7. The first-order chi connectivity index (χ1) is 16.0. The van der Waals surface area contributed by atoms with E-state index in [1.807, 2.05) is 0 Å². The van der Waals surface area contributed by atoms with Crippen molar-refractivity contribution >= 4 is 31.7 Å². The minimum atomic E-state index is -4.71. The first-order valence-corrected chi connectivity index (χ1v) is 12.0. The lowest BCUT2D eigenvalue weighted by Gasteiger charge is -2.33. The summed E-state index contributed by atoms with van der Waals surface area (Å²) in [6.07, 6.45) is -2.06. The van der Waals surface area contributed by atoms with Gasteiger partial charge >= 0.3 is 6.18 Å². The third kappa shape index (κ3) is 4.62. The van der Waals surface area contributed by atoms with E-state index < -0.39 is 38.6 Å². The third-order valence-corrected chi connectivity index (χ3v) is 7.91. The van der Waals surface area contributed by atoms with Crippen molar-refractivity contribution in [3.8, 4) is 11.1 Å². The smallest absolute Gasteiger partial charge is 0.295 e. The van der Waals surface area contributed by atoms with E-state index >= 15 is 0 Å². The fourth-order valence-electron chi connectivity index (χ4n) is 3.59. The van der Waals surface area contributed by atoms with Gasteiger partial charge in [-0.3, -0.25) is 14.1 Å². The monoisotopic (exact) mass is 554 g/mol. The molecule has 34 heavy (non-hydrogen) atoms. The number of hydrogen-bond donors (Lipinski definition) is 0. The quantitative estimate of drug-likeness (QED) is 0.377. The Morgan fingerprint density at radius 2 is 1.74 bits per heavy atom. The number of alkyl halides is 3. The highest BCUT2D eigenvalue weighted by Crippen LogP contribution is 2.41. The normalized spacial score (nSPS) is 16.7. The molecule has 5 nitrogen and oxygen atoms in total. The second kappa shape index (κ2) is 8.95. The number of benzene rings is 2. The second-order valence-electron chi connectivity index (χ2n) is 7.43. The maximum absolute atomic E-state index is 13.4. The van der Waals surface area contributed by atoms with Crippen LogP contribution in [0.5, 0.6) is 0 Å². The van der Waals surface area contributed by atoms with E-state index in [0.717, 1.165) is 22.6 Å². The highest BCUT2D eigenvalue weighted by molar-refractivity contribution is 9.10. The Bertz CT molecular complexity index is 1370. The van der Waals surface area contributed by atoms with Crippen LogP contribution in [0.3, 0.4) is 0 Å². The van der Waals surface area contributed by atoms with Crippen LogP contribution in [-0.4, -0.2) is 23.5 Å². The molecule has 4 rings (SSSR count). The molecule has 11 heteroatoms. The van der Waals surface area contributed by atoms with E-state index in [0.29, 0.717) is 33.4 Å². The molecule has 0 aliphatic carbocycles. The van der Waals surface area contributed by atoms with Crippen LogP contribution in [-0.2, 0) is 21.0 Å². The number of aromatic nitrogens is 1. The van der Waals surface area contributed by atoms with E-state index in [1.54, 1.807) is 30.3 Å². The molecule has 2 aromatic carbocycles. The van der Waals surface area contributed by atoms with Gasteiger partial charge in [0.15, 0.2) is 5.78 Å². The summed E-state index contributed by atoms with van der Waals surface area (Å²) in [5.74, 6) is -0.734. The van der Waals surface area contributed by atoms with Crippen LogP contribution in [0, 0.1) is 5.82 Å². The van der Waals surface area contributed by atoms with Crippen LogP contribution >= 0.6 is 15.9 Å². The number of pyridine rings is 1. The van der Waals surface area contributed by atoms with Crippen LogP contribution in [0.15, 0.2) is 82.4 Å². The molecule has 2 heterocycles. The summed E-state index contributed by atoms with van der Waals surface area (Å²) in [4.78, 5) is 15.0. The number of sulfonamides is 1. The molecule has 0 fully saturated rings. The van der Waals surface area contributed by atoms with Gasteiger partial charge in [0.1, 0.15) is 16.4 Å². The van der Waals surface area contributed by atoms with Crippen molar-refractivity contribution in [1.82, 2.24) is 9.29 Å². The Balaban J connectivity index is 1.77. The SMILES string of the molecule is O=C1C=CN(S(=O)(=O)c2ccc(C(F)(F)F)nc2)C(c2cccc(-c3ccc(F)cc3)c2Br)C1. The summed E-state index contributed by atoms with van der Waals surface area (Å²) >= 11 is 3.49. The average molecular weight is 555 g/mol. The van der Waals surface area contributed by atoms with E-state index in [9.17, 15) is 30.8 Å². The maximum Gasteiger partial charge on any atom is 0.433 e. The Kier molecular flexibility index (Phi) is 6.34. The molecule has 0 saturated heterocycles. The van der Waals surface area contributed by atoms with Gasteiger partial charge in [-0.05, 0) is 63.0 Å². The molecule has 1 aliphatic heterocycles. The number of halogens is 5. The topological polar surface area (TPSA) is 67.3 Å². The van der Waals surface area contributed by atoms with E-state index in [1.165, 1.54) is 12.1 Å². The number of carbonyl (C=O) groups is 1. The molecule has 1 atom stereocenters. The van der Waals surface area contributed by atoms with Crippen LogP contribution in [0.2, 0.25) is 0 Å². The van der Waals surface area contributed by atoms with Gasteiger partial charge in [-0.2, -0.15) is 13.2 Å². The zero-order valence-electron chi connectivity index (χ0n) is 17.1. The van der Waals surface area contributed by atoms with Gasteiger partial charge in [0.05, 0.1) is 6.04 Å². The maximum atomic E-state index is 13.4. The fraction of sp³-hybridized carbons (Fsp3) is 0.130. The minimum absolute atomic E-state index is 0.185. The lowest BCUT2D eigenvalue weighted by atomic mass is 9.95. The first kappa shape index (κ1) is 24.1. The van der Waals surface area contributed by atoms with Crippen molar-refractivity contribution in [2.45, 2.75) is 23.5 Å². The van der Waals surface area contributed by atoms with Gasteiger partial charge in [-0.25, -0.2) is 12.8 Å². The van der Waals surface area contributed by atoms with Crippen LogP contribution < -0.4 is 0 Å². The first-order valence-electron chi connectivity index (χ1n) is 9.80. The lowest BCUT2D eigenvalue weighted by Crippen LogP contribution is -2.34. The molecular formula is C23H15BrF4N2O3S. The summed E-state index contributed by atoms with van der Waals surface area (Å²) in [7, 11) is -4.35. The summed E-state index contributed by atoms with van der Waals surface area (Å²) in [5.41, 5.74) is 0.548. The summed E-state index contributed by atoms with van der Waals surface area (Å²) in [5, 5.41) is 0. The van der Waals surface area contributed by atoms with Crippen molar-refractivity contribution in [3.63, 3.8) is 0 Å². The van der Waals surface area contributed by atoms with Crippen molar-refractivity contribution < 1.29 is 30.8 Å². The highest BCUT2D eigenvalue weighted by Gasteiger charge is 2.37. The van der Waals surface area contributed by atoms with Crippen molar-refractivity contribution in [3.05, 3.63) is 94.6 Å². The Hall–Kier alpha value is -3.05. The summed E-state index contributed by atoms with van der Waals surface area (Å²) < 4.78 is 80.0. The molecular weight excluding hydrogens is 540 g/mol. The molecule has 0 saturated carbocycles. The van der Waals surface area contributed by atoms with Gasteiger partial charge in [0.2, 0.25) is 0 Å². The number of ketones is 1. The molecule has 0 spiro atoms. The number of nitrogens with zero attached hydrogens (tertiary/aromatic N) is 2. The van der Waals surface area contributed by atoms with Crippen LogP contribution in [0.25, 0.3) is 11.1 Å². The second-order valence-corrected chi connectivity index (χ2v) is 10.1. The number of rotatable bonds is 4. The molecule has 0 amide bonds. The molecule has 1 aliphatic rings. The molecule has 3 aromatic rings. The molecule has 0 radical (unpaired) electrons. The highest BCUT2D eigenvalue weighted by atomic mass is 79.9. The van der Waals surface area contributed by atoms with Crippen LogP contribution in [0.1, 0.15) is 23.7 Å². The van der Waals surface area contributed by atoms with Gasteiger partial charge < -0.3 is 0 Å². The van der Waals surface area contributed by atoms with E-state index in [4.69, 9.17) is 0 Å². The third-order valence-electron chi connectivity index (χ3n) is 5.25. The molecule has 0 bridgehead atoms. The standard InChI is InChI=1S/C23H15BrF4N2O3S/c24-22-18(14-4-6-15(25)7-5-14)2-1-3-19(22)20-12-16(31)10-11-30(20)34(32,33)17-8-9-21(29-13-17)23(26,27)28/h1-11,13,20H,12H2. The Labute approximate surface area is 200 Å². The van der Waals surface area contributed by atoms with E-state index in [-0.39, 0.29) is 12.2 Å². The summed E-state index contributed by atoms with van der Waals surface area (Å²) in [6.45, 7) is 0. The molecule has 176 valence electrons. The van der Waals surface area contributed by atoms with Crippen molar-refractivity contribution in [1.29, 1.82) is 0 Å². The minimum Gasteiger partial charge on any atom is -0.295 e. The number of hydrogen-bond acceptors (Lipinski definition) is 4. The largest absolute Gasteiger partial charge is 0.433 e. The number of carbonyl (C=O) groups excluding carboxylic acids is 1. The van der Waals surface area contributed by atoms with E-state index in [2.05, 4.69) is 20.9 Å². The van der Waals surface area contributed by atoms with Crippen molar-refractivity contribution in [2.24, 2.45) is 0 Å². The zero-order valence-corrected chi connectivity index (χ0v) is 19.5. The summed E-state index contributed by atoms with van der Waals surface area (Å²) in [6, 6.07) is 11.2. The lowest BCUT2D eigenvalue weighted by molar-refractivity contribution is -0.141. The van der Waals surface area contributed by atoms with Crippen molar-refractivity contribution in [2.75, 3.05) is 0 Å². The Morgan fingerprint density at radius 1 is 1.03 bits per heavy atom. The predicted molar refractivity (Wildman–Crippen MR) is 119 cm³/mol. The van der Waals surface area contributed by atoms with Crippen LogP contribution in [0.4, 0.5) is 17.6 Å². The van der Waals surface area contributed by atoms with Gasteiger partial charge in [0.25, 0.3) is 10.0 Å². The molecule has 1 unspecified atom stereocenters. The van der Waals surface area contributed by atoms with Gasteiger partial charge in [0, 0.05) is 23.3 Å². The number of allylic oxidation sites excluding steroid dienone is 1. The fourth-order valence-corrected chi connectivity index (χ4v) is 5.76.